The van der Waals surface area contributed by atoms with E-state index in [1.165, 1.54) is 11.3 Å². The number of thiophene rings is 1. The Hall–Kier alpha value is -2.64. The first-order valence-electron chi connectivity index (χ1n) is 9.81. The van der Waals surface area contributed by atoms with Crippen molar-refractivity contribution < 1.29 is 15.0 Å². The number of hydrogen-bond donors (Lipinski definition) is 4. The smallest absolute Gasteiger partial charge is 0.229 e. The quantitative estimate of drug-likeness (QED) is 0.445. The van der Waals surface area contributed by atoms with Crippen LogP contribution in [-0.4, -0.2) is 57.0 Å². The number of anilines is 1. The van der Waals surface area contributed by atoms with Crippen LogP contribution in [0, 0.1) is 23.2 Å². The van der Waals surface area contributed by atoms with E-state index < -0.39 is 23.7 Å². The van der Waals surface area contributed by atoms with Crippen molar-refractivity contribution in [1.29, 1.82) is 0 Å². The Kier molecular flexibility index (Phi) is 4.71. The fraction of sp³-hybridized carbons (Fsp3) is 0.381. The van der Waals surface area contributed by atoms with E-state index in [1.807, 2.05) is 16.7 Å². The lowest BCUT2D eigenvalue weighted by atomic mass is 9.98. The van der Waals surface area contributed by atoms with Gasteiger partial charge < -0.3 is 25.4 Å². The van der Waals surface area contributed by atoms with Crippen LogP contribution < -0.4 is 10.6 Å². The Morgan fingerprint density at radius 1 is 1.35 bits per heavy atom. The molecule has 2 saturated carbocycles. The molecule has 31 heavy (non-hydrogen) atoms. The molecular weight excluding hydrogens is 438 g/mol. The highest BCUT2D eigenvalue weighted by atomic mass is 35.5. The van der Waals surface area contributed by atoms with E-state index in [1.54, 1.807) is 26.5 Å². The minimum Gasteiger partial charge on any atom is -0.389 e. The number of aromatic nitrogens is 3. The molecule has 5 rings (SSSR count). The van der Waals surface area contributed by atoms with Gasteiger partial charge in [-0.05, 0) is 36.5 Å². The molecule has 3 aromatic heterocycles. The molecule has 2 aliphatic rings. The molecule has 3 heterocycles. The van der Waals surface area contributed by atoms with E-state index in [0.717, 1.165) is 10.4 Å². The highest BCUT2D eigenvalue weighted by Gasteiger charge is 2.75. The third-order valence-corrected chi connectivity index (χ3v) is 7.48. The van der Waals surface area contributed by atoms with Crippen LogP contribution in [0.4, 0.5) is 5.82 Å². The molecule has 5 atom stereocenters. The van der Waals surface area contributed by atoms with Gasteiger partial charge in [0.1, 0.15) is 17.3 Å². The summed E-state index contributed by atoms with van der Waals surface area (Å²) in [4.78, 5) is 22.3. The van der Waals surface area contributed by atoms with Gasteiger partial charge in [0, 0.05) is 20.0 Å². The molecule has 0 aliphatic heterocycles. The highest BCUT2D eigenvalue weighted by molar-refractivity contribution is 7.16. The summed E-state index contributed by atoms with van der Waals surface area (Å²) in [5.74, 6) is 6.26. The summed E-state index contributed by atoms with van der Waals surface area (Å²) in [7, 11) is 3.30. The number of fused-ring (bicyclic) bond motifs is 2. The zero-order valence-corrected chi connectivity index (χ0v) is 18.3. The van der Waals surface area contributed by atoms with Crippen LogP contribution in [0.3, 0.4) is 0 Å². The first kappa shape index (κ1) is 20.3. The number of halogens is 1. The van der Waals surface area contributed by atoms with Crippen LogP contribution in [0.15, 0.2) is 24.5 Å². The molecule has 2 aliphatic carbocycles. The van der Waals surface area contributed by atoms with Gasteiger partial charge >= 0.3 is 0 Å². The average Bonchev–Trinajstić information content (AvgIpc) is 3.02. The number of aliphatic hydroxyl groups is 2. The predicted octanol–water partition coefficient (Wildman–Crippen LogP) is 1.62. The Balaban J connectivity index is 1.58. The van der Waals surface area contributed by atoms with E-state index in [4.69, 9.17) is 11.6 Å². The van der Waals surface area contributed by atoms with E-state index in [2.05, 4.69) is 32.4 Å². The molecule has 0 unspecified atom stereocenters. The van der Waals surface area contributed by atoms with Crippen molar-refractivity contribution in [2.24, 2.45) is 11.3 Å². The van der Waals surface area contributed by atoms with Crippen LogP contribution in [-0.2, 0) is 4.79 Å². The van der Waals surface area contributed by atoms with Crippen molar-refractivity contribution >= 4 is 45.7 Å². The van der Waals surface area contributed by atoms with Crippen molar-refractivity contribution in [3.63, 3.8) is 0 Å². The Labute approximate surface area is 187 Å². The third kappa shape index (κ3) is 2.94. The number of carbonyl (C=O) groups is 1. The first-order chi connectivity index (χ1) is 14.9. The number of nitrogens with zero attached hydrogens (tertiary/aromatic N) is 3. The van der Waals surface area contributed by atoms with E-state index in [9.17, 15) is 15.0 Å². The highest BCUT2D eigenvalue weighted by Crippen LogP contribution is 2.67. The number of aliphatic hydroxyl groups excluding tert-OH is 2. The molecule has 2 fully saturated rings. The molecule has 3 aromatic rings. The van der Waals surface area contributed by atoms with Crippen molar-refractivity contribution in [2.75, 3.05) is 19.4 Å². The lowest BCUT2D eigenvalue weighted by Crippen LogP contribution is -2.41. The summed E-state index contributed by atoms with van der Waals surface area (Å²) in [6, 6.07) is 4.99. The summed E-state index contributed by atoms with van der Waals surface area (Å²) >= 11 is 7.36. The van der Waals surface area contributed by atoms with E-state index in [0.29, 0.717) is 27.8 Å². The fourth-order valence-corrected chi connectivity index (χ4v) is 5.70. The Morgan fingerprint density at radius 2 is 2.16 bits per heavy atom. The van der Waals surface area contributed by atoms with Crippen molar-refractivity contribution in [3.8, 4) is 11.8 Å². The number of pyridine rings is 1. The summed E-state index contributed by atoms with van der Waals surface area (Å²) in [6.45, 7) is 0. The first-order valence-corrected chi connectivity index (χ1v) is 11.0. The second-order valence-corrected chi connectivity index (χ2v) is 9.55. The van der Waals surface area contributed by atoms with Crippen molar-refractivity contribution in [2.45, 2.75) is 24.7 Å². The molecular formula is C21H20ClN5O3S. The molecule has 10 heteroatoms. The number of carbonyl (C=O) groups excluding carboxylic acids is 1. The average molecular weight is 458 g/mol. The lowest BCUT2D eigenvalue weighted by Gasteiger charge is -2.23. The maximum Gasteiger partial charge on any atom is 0.229 e. The van der Waals surface area contributed by atoms with E-state index in [-0.39, 0.29) is 11.8 Å². The lowest BCUT2D eigenvalue weighted by molar-refractivity contribution is -0.132. The zero-order chi connectivity index (χ0) is 21.9. The maximum atomic E-state index is 12.4. The molecule has 1 amide bonds. The number of hydrogen-bond acceptors (Lipinski definition) is 7. The van der Waals surface area contributed by atoms with Gasteiger partial charge in [0.15, 0.2) is 5.82 Å². The molecule has 0 radical (unpaired) electrons. The van der Waals surface area contributed by atoms with Crippen LogP contribution in [0.25, 0.3) is 11.0 Å². The minimum atomic E-state index is -1.13. The molecule has 0 aromatic carbocycles. The standard InChI is InChI=1S/C21H20ClN5O3S/c1-23-19-15-13(7-10(26-19)3-4-11-5-6-14(22)31-11)27(9-25-15)16-12-8-21(12,20(30)24-2)18(29)17(16)28/h5-7,9,12,16-18,28-29H,8H2,1-2H3,(H,23,26)(H,24,30)/t12-,16-,17+,18+,21-/m1/s1. The summed E-state index contributed by atoms with van der Waals surface area (Å²) in [5.41, 5.74) is 0.940. The number of nitrogens with one attached hydrogen (secondary N) is 2. The molecule has 160 valence electrons. The second kappa shape index (κ2) is 7.21. The van der Waals surface area contributed by atoms with Gasteiger partial charge in [-0.25, -0.2) is 9.97 Å². The van der Waals surface area contributed by atoms with Gasteiger partial charge in [-0.15, -0.1) is 11.3 Å². The van der Waals surface area contributed by atoms with Crippen molar-refractivity contribution in [3.05, 3.63) is 39.4 Å². The monoisotopic (exact) mass is 457 g/mol. The predicted molar refractivity (Wildman–Crippen MR) is 118 cm³/mol. The summed E-state index contributed by atoms with van der Waals surface area (Å²) in [5, 5.41) is 27.1. The van der Waals surface area contributed by atoms with Crippen LogP contribution in [0.2, 0.25) is 4.34 Å². The van der Waals surface area contributed by atoms with Gasteiger partial charge in [0.2, 0.25) is 5.91 Å². The topological polar surface area (TPSA) is 112 Å². The third-order valence-electron chi connectivity index (χ3n) is 6.33. The molecule has 0 spiro atoms. The van der Waals surface area contributed by atoms with Crippen molar-refractivity contribution in [1.82, 2.24) is 19.9 Å². The zero-order valence-electron chi connectivity index (χ0n) is 16.8. The summed E-state index contributed by atoms with van der Waals surface area (Å²) in [6.07, 6.45) is -0.0661. The molecule has 0 bridgehead atoms. The molecule has 0 saturated heterocycles. The van der Waals surface area contributed by atoms with E-state index >= 15 is 0 Å². The largest absolute Gasteiger partial charge is 0.389 e. The van der Waals surface area contributed by atoms with Gasteiger partial charge in [0.25, 0.3) is 0 Å². The molecule has 4 N–H and O–H groups in total. The van der Waals surface area contributed by atoms with Gasteiger partial charge in [-0.3, -0.25) is 4.79 Å². The van der Waals surface area contributed by atoms with Crippen LogP contribution >= 0.6 is 22.9 Å². The second-order valence-electron chi connectivity index (χ2n) is 7.84. The molecule has 8 nitrogen and oxygen atoms in total. The number of rotatable bonds is 3. The normalized spacial score (nSPS) is 28.7. The van der Waals surface area contributed by atoms with Gasteiger partial charge in [0.05, 0.1) is 38.6 Å². The van der Waals surface area contributed by atoms with Crippen LogP contribution in [0.1, 0.15) is 23.0 Å². The van der Waals surface area contributed by atoms with Gasteiger partial charge in [-0.2, -0.15) is 0 Å². The maximum absolute atomic E-state index is 12.4. The SMILES string of the molecule is CNC(=O)[C@]12C[C@@H]1[C@@H](n1cnc3c(NC)nc(C#Cc4ccc(Cl)s4)cc31)[C@H](O)[C@@H]2O. The Bertz CT molecular complexity index is 1260. The minimum absolute atomic E-state index is 0.177. The van der Waals surface area contributed by atoms with Crippen LogP contribution in [0.5, 0.6) is 0 Å². The summed E-state index contributed by atoms with van der Waals surface area (Å²) < 4.78 is 2.50. The number of amides is 1. The van der Waals surface area contributed by atoms with Gasteiger partial charge in [-0.1, -0.05) is 11.6 Å². The fourth-order valence-electron chi connectivity index (χ4n) is 4.80. The Morgan fingerprint density at radius 3 is 2.84 bits per heavy atom. The number of imidazole rings is 1.